The Morgan fingerprint density at radius 2 is 2.10 bits per heavy atom. The third-order valence-electron chi connectivity index (χ3n) is 1.41. The van der Waals surface area contributed by atoms with Crippen molar-refractivity contribution in [2.45, 2.75) is 26.4 Å². The van der Waals surface area contributed by atoms with Gasteiger partial charge in [-0.05, 0) is 6.92 Å². The molecule has 0 fully saturated rings. The van der Waals surface area contributed by atoms with Gasteiger partial charge in [0, 0.05) is 11.8 Å². The van der Waals surface area contributed by atoms with E-state index < -0.39 is 7.37 Å². The van der Waals surface area contributed by atoms with E-state index in [-0.39, 0.29) is 5.66 Å². The van der Waals surface area contributed by atoms with Crippen molar-refractivity contribution in [2.24, 2.45) is 0 Å². The van der Waals surface area contributed by atoms with Crippen LogP contribution >= 0.6 is 7.37 Å². The third kappa shape index (κ3) is 3.19. The Kier molecular flexibility index (Phi) is 3.92. The fourth-order valence-corrected chi connectivity index (χ4v) is 1.40. The van der Waals surface area contributed by atoms with Gasteiger partial charge >= 0.3 is 0 Å². The first-order valence-electron chi connectivity index (χ1n) is 3.43. The molecule has 1 atom stereocenters. The van der Waals surface area contributed by atoms with E-state index in [1.165, 1.54) is 0 Å². The summed E-state index contributed by atoms with van der Waals surface area (Å²) < 4.78 is 11.2. The molecule has 0 saturated heterocycles. The van der Waals surface area contributed by atoms with Crippen molar-refractivity contribution in [3.8, 4) is 0 Å². The topological polar surface area (TPSA) is 37.3 Å². The van der Waals surface area contributed by atoms with E-state index >= 15 is 0 Å². The monoisotopic (exact) mass is 162 g/mol. The highest BCUT2D eigenvalue weighted by molar-refractivity contribution is 7.58. The van der Waals surface area contributed by atoms with Crippen molar-refractivity contribution in [3.05, 3.63) is 12.2 Å². The lowest BCUT2D eigenvalue weighted by Gasteiger charge is -2.12. The van der Waals surface area contributed by atoms with Gasteiger partial charge < -0.3 is 4.89 Å². The molecule has 1 N–H and O–H groups in total. The van der Waals surface area contributed by atoms with Crippen LogP contribution in [0.5, 0.6) is 0 Å². The van der Waals surface area contributed by atoms with Gasteiger partial charge in [0.25, 0.3) is 0 Å². The van der Waals surface area contributed by atoms with Gasteiger partial charge in [0.05, 0.1) is 0 Å². The van der Waals surface area contributed by atoms with E-state index in [2.05, 4.69) is 0 Å². The van der Waals surface area contributed by atoms with Gasteiger partial charge in [0.15, 0.2) is 0 Å². The van der Waals surface area contributed by atoms with Crippen LogP contribution in [-0.4, -0.2) is 16.7 Å². The first-order valence-corrected chi connectivity index (χ1v) is 5.34. The highest BCUT2D eigenvalue weighted by atomic mass is 31.2. The summed E-state index contributed by atoms with van der Waals surface area (Å²) >= 11 is 0. The molecule has 0 rings (SSSR count). The van der Waals surface area contributed by atoms with E-state index in [1.54, 1.807) is 26.0 Å². The molecule has 2 nitrogen and oxygen atoms in total. The Morgan fingerprint density at radius 1 is 1.60 bits per heavy atom. The molecule has 0 aromatic heterocycles. The zero-order valence-corrected chi connectivity index (χ0v) is 7.64. The molecule has 0 aliphatic rings. The van der Waals surface area contributed by atoms with Crippen LogP contribution in [0.2, 0.25) is 0 Å². The van der Waals surface area contributed by atoms with E-state index in [0.29, 0.717) is 6.16 Å². The van der Waals surface area contributed by atoms with E-state index in [0.717, 1.165) is 0 Å². The van der Waals surface area contributed by atoms with Crippen LogP contribution in [0.25, 0.3) is 0 Å². The van der Waals surface area contributed by atoms with Crippen molar-refractivity contribution >= 4 is 7.37 Å². The minimum atomic E-state index is -2.87. The fraction of sp³-hybridized carbons (Fsp3) is 0.714. The van der Waals surface area contributed by atoms with Crippen LogP contribution in [0.3, 0.4) is 0 Å². The quantitative estimate of drug-likeness (QED) is 0.510. The van der Waals surface area contributed by atoms with Crippen molar-refractivity contribution in [2.75, 3.05) is 6.16 Å². The van der Waals surface area contributed by atoms with Gasteiger partial charge in [0.1, 0.15) is 0 Å². The molecule has 0 amide bonds. The number of hydrogen-bond acceptors (Lipinski definition) is 1. The first kappa shape index (κ1) is 9.93. The van der Waals surface area contributed by atoms with Crippen LogP contribution in [0.1, 0.15) is 20.8 Å². The molecule has 0 heterocycles. The van der Waals surface area contributed by atoms with Crippen LogP contribution in [0.15, 0.2) is 12.2 Å². The largest absolute Gasteiger partial charge is 0.344 e. The number of rotatable bonds is 3. The molecule has 0 radical (unpaired) electrons. The van der Waals surface area contributed by atoms with E-state index in [4.69, 9.17) is 0 Å². The Balaban J connectivity index is 4.01. The van der Waals surface area contributed by atoms with Gasteiger partial charge in [-0.3, -0.25) is 4.57 Å². The van der Waals surface area contributed by atoms with Crippen LogP contribution in [0, 0.1) is 0 Å². The van der Waals surface area contributed by atoms with Crippen LogP contribution in [-0.2, 0) is 4.57 Å². The maximum absolute atomic E-state index is 11.2. The Morgan fingerprint density at radius 3 is 2.40 bits per heavy atom. The molecule has 0 aliphatic heterocycles. The molecule has 0 saturated carbocycles. The SMILES string of the molecule is C/C=C/CP(=O)(O)C(C)C. The molecular weight excluding hydrogens is 147 g/mol. The molecule has 0 aromatic carbocycles. The van der Waals surface area contributed by atoms with Gasteiger partial charge in [0.2, 0.25) is 7.37 Å². The smallest absolute Gasteiger partial charge is 0.206 e. The summed E-state index contributed by atoms with van der Waals surface area (Å²) in [7, 11) is -2.87. The maximum atomic E-state index is 11.2. The summed E-state index contributed by atoms with van der Waals surface area (Å²) in [5, 5.41) is 0. The van der Waals surface area contributed by atoms with Gasteiger partial charge in [-0.15, -0.1) is 0 Å². The normalized spacial score (nSPS) is 18.1. The molecule has 0 spiro atoms. The predicted molar refractivity (Wildman–Crippen MR) is 44.6 cm³/mol. The van der Waals surface area contributed by atoms with Crippen molar-refractivity contribution in [1.29, 1.82) is 0 Å². The lowest BCUT2D eigenvalue weighted by atomic mass is 10.6. The van der Waals surface area contributed by atoms with E-state index in [9.17, 15) is 9.46 Å². The second-order valence-electron chi connectivity index (χ2n) is 2.60. The van der Waals surface area contributed by atoms with Gasteiger partial charge in [-0.25, -0.2) is 0 Å². The lowest BCUT2D eigenvalue weighted by Crippen LogP contribution is -1.99. The third-order valence-corrected chi connectivity index (χ3v) is 3.76. The zero-order valence-electron chi connectivity index (χ0n) is 6.74. The summed E-state index contributed by atoms with van der Waals surface area (Å²) in [4.78, 5) is 9.23. The first-order chi connectivity index (χ1) is 4.50. The van der Waals surface area contributed by atoms with Gasteiger partial charge in [-0.2, -0.15) is 0 Å². The molecule has 0 bridgehead atoms. The molecule has 60 valence electrons. The standard InChI is InChI=1S/C7H15O2P/c1-4-5-6-10(8,9)7(2)3/h4-5,7H,6H2,1-3H3,(H,8,9)/b5-4+. The summed E-state index contributed by atoms with van der Waals surface area (Å²) in [6.07, 6.45) is 3.84. The van der Waals surface area contributed by atoms with Gasteiger partial charge in [-0.1, -0.05) is 26.0 Å². The van der Waals surface area contributed by atoms with Crippen LogP contribution in [0.4, 0.5) is 0 Å². The van der Waals surface area contributed by atoms with Crippen molar-refractivity contribution in [3.63, 3.8) is 0 Å². The Hall–Kier alpha value is -0.0700. The molecule has 0 aromatic rings. The number of allylic oxidation sites excluding steroid dienone is 2. The second kappa shape index (κ2) is 3.95. The van der Waals surface area contributed by atoms with Crippen LogP contribution < -0.4 is 0 Å². The second-order valence-corrected chi connectivity index (χ2v) is 5.51. The summed E-state index contributed by atoms with van der Waals surface area (Å²) in [6.45, 7) is 5.38. The minimum absolute atomic E-state index is 0.122. The summed E-state index contributed by atoms with van der Waals surface area (Å²) in [6, 6.07) is 0. The Labute approximate surface area is 62.4 Å². The zero-order chi connectivity index (χ0) is 8.20. The van der Waals surface area contributed by atoms with E-state index in [1.807, 2.05) is 6.92 Å². The summed E-state index contributed by atoms with van der Waals surface area (Å²) in [5.41, 5.74) is -0.122. The maximum Gasteiger partial charge on any atom is 0.206 e. The average Bonchev–Trinajstić information content (AvgIpc) is 1.84. The molecule has 10 heavy (non-hydrogen) atoms. The minimum Gasteiger partial charge on any atom is -0.344 e. The Bertz CT molecular complexity index is 161. The summed E-state index contributed by atoms with van der Waals surface area (Å²) in [5.74, 6) is 0. The predicted octanol–water partition coefficient (Wildman–Crippen LogP) is 2.24. The molecular formula is C7H15O2P. The number of hydrogen-bond donors (Lipinski definition) is 1. The lowest BCUT2D eigenvalue weighted by molar-refractivity contribution is 0.472. The fourth-order valence-electron chi connectivity index (χ4n) is 0.467. The molecule has 0 aliphatic carbocycles. The molecule has 3 heteroatoms. The van der Waals surface area contributed by atoms with Crippen molar-refractivity contribution < 1.29 is 9.46 Å². The van der Waals surface area contributed by atoms with Crippen molar-refractivity contribution in [1.82, 2.24) is 0 Å². The average molecular weight is 162 g/mol. The molecule has 1 unspecified atom stereocenters. The highest BCUT2D eigenvalue weighted by Gasteiger charge is 2.20. The highest BCUT2D eigenvalue weighted by Crippen LogP contribution is 2.45.